The Hall–Kier alpha value is -3.49. The molecule has 0 saturated carbocycles. The van der Waals surface area contributed by atoms with Gasteiger partial charge in [0.15, 0.2) is 0 Å². The maximum atomic E-state index is 13.7. The fraction of sp³-hybridized carbons (Fsp3) is 0.300. The minimum atomic E-state index is -0.561. The first kappa shape index (κ1) is 21.8. The van der Waals surface area contributed by atoms with E-state index in [9.17, 15) is 14.0 Å². The van der Waals surface area contributed by atoms with Crippen LogP contribution in [0.15, 0.2) is 39.6 Å². The zero-order chi connectivity index (χ0) is 21.4. The van der Waals surface area contributed by atoms with Crippen LogP contribution in [-0.4, -0.2) is 35.5 Å². The Morgan fingerprint density at radius 2 is 1.69 bits per heavy atom. The summed E-state index contributed by atoms with van der Waals surface area (Å²) in [4.78, 5) is 22.8. The van der Waals surface area contributed by atoms with Gasteiger partial charge in [0, 0.05) is 5.56 Å². The van der Waals surface area contributed by atoms with Gasteiger partial charge < -0.3 is 18.5 Å². The Balaban J connectivity index is 0.000000234. The fourth-order valence-electron chi connectivity index (χ4n) is 2.35. The lowest BCUT2D eigenvalue weighted by Gasteiger charge is -2.03. The van der Waals surface area contributed by atoms with Crippen LogP contribution in [0.2, 0.25) is 0 Å². The molecule has 0 radical (unpaired) electrons. The minimum absolute atomic E-state index is 0.168. The number of esters is 2. The van der Waals surface area contributed by atoms with E-state index in [4.69, 9.17) is 14.0 Å². The minimum Gasteiger partial charge on any atom is -0.462 e. The van der Waals surface area contributed by atoms with Gasteiger partial charge in [0.05, 0.1) is 18.9 Å². The summed E-state index contributed by atoms with van der Waals surface area (Å²) in [5.41, 5.74) is 1.51. The number of rotatable bonds is 5. The van der Waals surface area contributed by atoms with Crippen molar-refractivity contribution >= 4 is 11.9 Å². The van der Waals surface area contributed by atoms with Crippen LogP contribution in [0.3, 0.4) is 0 Å². The average Bonchev–Trinajstić information content (AvgIpc) is 3.29. The molecule has 0 aliphatic carbocycles. The second-order valence-electron chi connectivity index (χ2n) is 5.70. The standard InChI is InChI=1S/C13H12FNO3.C7H9NO3/c1-3-17-13(16)11-8(2)18-15-12(11)9-6-4-5-7-10(9)14;1-3-10-7(9)6-4-11-8-5(6)2/h4-7H,3H2,1-2H3;4H,3H2,1-2H3. The van der Waals surface area contributed by atoms with Gasteiger partial charge in [-0.05, 0) is 39.8 Å². The van der Waals surface area contributed by atoms with Gasteiger partial charge in [0.2, 0.25) is 0 Å². The highest BCUT2D eigenvalue weighted by molar-refractivity contribution is 5.97. The Bertz CT molecular complexity index is 979. The van der Waals surface area contributed by atoms with Crippen molar-refractivity contribution in [2.75, 3.05) is 13.2 Å². The molecule has 0 atom stereocenters. The molecule has 0 aliphatic heterocycles. The molecule has 8 nitrogen and oxygen atoms in total. The predicted octanol–water partition coefficient (Wildman–Crippen LogP) is 4.13. The number of aryl methyl sites for hydroxylation is 2. The monoisotopic (exact) mass is 404 g/mol. The molecule has 0 fully saturated rings. The zero-order valence-corrected chi connectivity index (χ0v) is 16.5. The third-order valence-electron chi connectivity index (χ3n) is 3.72. The van der Waals surface area contributed by atoms with Gasteiger partial charge in [-0.3, -0.25) is 0 Å². The van der Waals surface area contributed by atoms with E-state index in [0.717, 1.165) is 0 Å². The molecule has 0 amide bonds. The Labute approximate surface area is 166 Å². The van der Waals surface area contributed by atoms with E-state index in [0.29, 0.717) is 23.6 Å². The third-order valence-corrected chi connectivity index (χ3v) is 3.72. The quantitative estimate of drug-likeness (QED) is 0.585. The summed E-state index contributed by atoms with van der Waals surface area (Å²) in [5, 5.41) is 7.28. The third kappa shape index (κ3) is 5.28. The number of carbonyl (C=O) groups excluding carboxylic acids is 2. The van der Waals surface area contributed by atoms with Crippen molar-refractivity contribution < 1.29 is 32.5 Å². The van der Waals surface area contributed by atoms with Crippen LogP contribution < -0.4 is 0 Å². The predicted molar refractivity (Wildman–Crippen MR) is 99.8 cm³/mol. The zero-order valence-electron chi connectivity index (χ0n) is 16.5. The normalized spacial score (nSPS) is 10.1. The van der Waals surface area contributed by atoms with Gasteiger partial charge in [-0.15, -0.1) is 0 Å². The molecular formula is C20H21FN2O6. The van der Waals surface area contributed by atoms with Crippen molar-refractivity contribution in [2.45, 2.75) is 27.7 Å². The lowest BCUT2D eigenvalue weighted by molar-refractivity contribution is 0.0515. The fourth-order valence-corrected chi connectivity index (χ4v) is 2.35. The van der Waals surface area contributed by atoms with Gasteiger partial charge in [0.1, 0.15) is 34.7 Å². The van der Waals surface area contributed by atoms with E-state index in [1.165, 1.54) is 18.4 Å². The van der Waals surface area contributed by atoms with E-state index in [2.05, 4.69) is 14.8 Å². The summed E-state index contributed by atoms with van der Waals surface area (Å²) >= 11 is 0. The van der Waals surface area contributed by atoms with Crippen molar-refractivity contribution in [3.05, 3.63) is 58.9 Å². The summed E-state index contributed by atoms with van der Waals surface area (Å²) in [5.74, 6) is -1.09. The van der Waals surface area contributed by atoms with E-state index in [1.54, 1.807) is 39.8 Å². The summed E-state index contributed by atoms with van der Waals surface area (Å²) < 4.78 is 32.8. The molecule has 154 valence electrons. The first-order chi connectivity index (χ1) is 13.9. The number of hydrogen-bond donors (Lipinski definition) is 0. The highest BCUT2D eigenvalue weighted by Gasteiger charge is 2.24. The first-order valence-corrected chi connectivity index (χ1v) is 8.87. The van der Waals surface area contributed by atoms with E-state index in [-0.39, 0.29) is 29.4 Å². The van der Waals surface area contributed by atoms with Gasteiger partial charge in [-0.25, -0.2) is 14.0 Å². The number of carbonyl (C=O) groups is 2. The van der Waals surface area contributed by atoms with E-state index < -0.39 is 11.8 Å². The van der Waals surface area contributed by atoms with Crippen molar-refractivity contribution in [1.82, 2.24) is 10.3 Å². The van der Waals surface area contributed by atoms with E-state index >= 15 is 0 Å². The second kappa shape index (κ2) is 10.2. The summed E-state index contributed by atoms with van der Waals surface area (Å²) in [7, 11) is 0. The maximum Gasteiger partial charge on any atom is 0.344 e. The van der Waals surface area contributed by atoms with Gasteiger partial charge in [0.25, 0.3) is 0 Å². The lowest BCUT2D eigenvalue weighted by atomic mass is 10.1. The molecule has 0 saturated heterocycles. The Morgan fingerprint density at radius 3 is 2.28 bits per heavy atom. The van der Waals surface area contributed by atoms with Crippen LogP contribution in [-0.2, 0) is 9.47 Å². The average molecular weight is 404 g/mol. The molecule has 1 aromatic carbocycles. The summed E-state index contributed by atoms with van der Waals surface area (Å²) in [6.45, 7) is 7.33. The molecule has 0 unspecified atom stereocenters. The number of hydrogen-bond acceptors (Lipinski definition) is 8. The molecular weight excluding hydrogens is 383 g/mol. The SMILES string of the molecule is CCOC(=O)c1c(-c2ccccc2F)noc1C.CCOC(=O)c1conc1C. The largest absolute Gasteiger partial charge is 0.462 e. The van der Waals surface area contributed by atoms with Gasteiger partial charge >= 0.3 is 11.9 Å². The van der Waals surface area contributed by atoms with Gasteiger partial charge in [-0.1, -0.05) is 22.4 Å². The summed E-state index contributed by atoms with van der Waals surface area (Å²) in [6, 6.07) is 6.07. The summed E-state index contributed by atoms with van der Waals surface area (Å²) in [6.07, 6.45) is 1.29. The highest BCUT2D eigenvalue weighted by Crippen LogP contribution is 2.27. The van der Waals surface area contributed by atoms with Crippen LogP contribution in [0.5, 0.6) is 0 Å². The molecule has 3 aromatic rings. The first-order valence-electron chi connectivity index (χ1n) is 8.87. The van der Waals surface area contributed by atoms with Crippen molar-refractivity contribution in [3.63, 3.8) is 0 Å². The van der Waals surface area contributed by atoms with Crippen LogP contribution in [0.4, 0.5) is 4.39 Å². The highest BCUT2D eigenvalue weighted by atomic mass is 19.1. The van der Waals surface area contributed by atoms with Crippen molar-refractivity contribution in [2.24, 2.45) is 0 Å². The van der Waals surface area contributed by atoms with Crippen molar-refractivity contribution in [3.8, 4) is 11.3 Å². The molecule has 29 heavy (non-hydrogen) atoms. The smallest absolute Gasteiger partial charge is 0.344 e. The molecule has 0 N–H and O–H groups in total. The Morgan fingerprint density at radius 1 is 1.03 bits per heavy atom. The van der Waals surface area contributed by atoms with E-state index in [1.807, 2.05) is 0 Å². The molecule has 2 heterocycles. The molecule has 0 aliphatic rings. The molecule has 3 rings (SSSR count). The molecule has 0 spiro atoms. The molecule has 2 aromatic heterocycles. The number of aromatic nitrogens is 2. The lowest BCUT2D eigenvalue weighted by Crippen LogP contribution is -2.07. The topological polar surface area (TPSA) is 105 Å². The van der Waals surface area contributed by atoms with Crippen molar-refractivity contribution in [1.29, 1.82) is 0 Å². The Kier molecular flexibility index (Phi) is 7.64. The molecule has 0 bridgehead atoms. The number of ether oxygens (including phenoxy) is 2. The maximum absolute atomic E-state index is 13.7. The second-order valence-corrected chi connectivity index (χ2v) is 5.70. The number of benzene rings is 1. The van der Waals surface area contributed by atoms with Crippen LogP contribution in [0.1, 0.15) is 46.0 Å². The van der Waals surface area contributed by atoms with Crippen LogP contribution in [0, 0.1) is 19.7 Å². The van der Waals surface area contributed by atoms with Gasteiger partial charge in [-0.2, -0.15) is 0 Å². The van der Waals surface area contributed by atoms with Crippen LogP contribution >= 0.6 is 0 Å². The molecule has 9 heteroatoms. The van der Waals surface area contributed by atoms with Crippen LogP contribution in [0.25, 0.3) is 11.3 Å². The number of nitrogens with zero attached hydrogens (tertiary/aromatic N) is 2. The number of halogens is 1.